The Hall–Kier alpha value is -3.79. The summed E-state index contributed by atoms with van der Waals surface area (Å²) in [6, 6.07) is 23.6. The van der Waals surface area contributed by atoms with Crippen LogP contribution in [0.2, 0.25) is 0 Å². The molecule has 0 saturated heterocycles. The standard InChI is InChI=1S/C23H17N3O/c27-22(26-21-12-11-18-6-4-5-9-20(18)14-21)13-10-17-15-24-23(25-16-17)19-7-2-1-3-8-19/h1-16H,(H,26,27)/b13-10+. The number of hydrogen-bond donors (Lipinski definition) is 1. The van der Waals surface area contributed by atoms with E-state index in [1.54, 1.807) is 18.5 Å². The first-order valence-electron chi connectivity index (χ1n) is 8.63. The lowest BCUT2D eigenvalue weighted by Crippen LogP contribution is -2.07. The number of carbonyl (C=O) groups is 1. The average molecular weight is 351 g/mol. The van der Waals surface area contributed by atoms with Gasteiger partial charge in [-0.05, 0) is 29.0 Å². The lowest BCUT2D eigenvalue weighted by molar-refractivity contribution is -0.111. The molecule has 0 fully saturated rings. The van der Waals surface area contributed by atoms with Crippen molar-refractivity contribution in [1.82, 2.24) is 9.97 Å². The number of aromatic nitrogens is 2. The van der Waals surface area contributed by atoms with Gasteiger partial charge in [0.15, 0.2) is 5.82 Å². The molecule has 1 N–H and O–H groups in total. The van der Waals surface area contributed by atoms with Crippen LogP contribution in [0, 0.1) is 0 Å². The predicted octanol–water partition coefficient (Wildman–Crippen LogP) is 4.95. The second-order valence-corrected chi connectivity index (χ2v) is 6.09. The Morgan fingerprint density at radius 1 is 0.815 bits per heavy atom. The SMILES string of the molecule is O=C(/C=C/c1cnc(-c2ccccc2)nc1)Nc1ccc2ccccc2c1. The molecule has 4 rings (SSSR count). The fourth-order valence-electron chi connectivity index (χ4n) is 2.78. The Labute approximate surface area is 157 Å². The molecule has 0 spiro atoms. The molecule has 27 heavy (non-hydrogen) atoms. The minimum Gasteiger partial charge on any atom is -0.322 e. The first kappa shape index (κ1) is 16.7. The number of carbonyl (C=O) groups excluding carboxylic acids is 1. The molecule has 1 amide bonds. The Morgan fingerprint density at radius 3 is 2.30 bits per heavy atom. The Bertz CT molecular complexity index is 1100. The van der Waals surface area contributed by atoms with E-state index >= 15 is 0 Å². The first-order chi connectivity index (χ1) is 13.3. The van der Waals surface area contributed by atoms with Gasteiger partial charge in [-0.25, -0.2) is 9.97 Å². The third kappa shape index (κ3) is 4.07. The Morgan fingerprint density at radius 2 is 1.52 bits per heavy atom. The van der Waals surface area contributed by atoms with Crippen molar-refractivity contribution in [2.24, 2.45) is 0 Å². The maximum absolute atomic E-state index is 12.2. The van der Waals surface area contributed by atoms with Gasteiger partial charge in [0, 0.05) is 35.3 Å². The van der Waals surface area contributed by atoms with Crippen LogP contribution in [0.25, 0.3) is 28.2 Å². The zero-order valence-corrected chi connectivity index (χ0v) is 14.5. The normalized spacial score (nSPS) is 11.0. The highest BCUT2D eigenvalue weighted by Crippen LogP contribution is 2.19. The smallest absolute Gasteiger partial charge is 0.248 e. The molecule has 0 aliphatic rings. The summed E-state index contributed by atoms with van der Waals surface area (Å²) < 4.78 is 0. The number of rotatable bonds is 4. The summed E-state index contributed by atoms with van der Waals surface area (Å²) in [5.41, 5.74) is 2.49. The number of nitrogens with one attached hydrogen (secondary N) is 1. The van der Waals surface area contributed by atoms with Crippen molar-refractivity contribution in [2.75, 3.05) is 5.32 Å². The fourth-order valence-corrected chi connectivity index (χ4v) is 2.78. The van der Waals surface area contributed by atoms with Crippen LogP contribution < -0.4 is 5.32 Å². The average Bonchev–Trinajstić information content (AvgIpc) is 2.73. The summed E-state index contributed by atoms with van der Waals surface area (Å²) in [6.45, 7) is 0. The predicted molar refractivity (Wildman–Crippen MR) is 109 cm³/mol. The van der Waals surface area contributed by atoms with Gasteiger partial charge in [-0.1, -0.05) is 60.7 Å². The zero-order valence-electron chi connectivity index (χ0n) is 14.5. The molecule has 0 aliphatic carbocycles. The van der Waals surface area contributed by atoms with Crippen LogP contribution in [0.5, 0.6) is 0 Å². The summed E-state index contributed by atoms with van der Waals surface area (Å²) in [7, 11) is 0. The molecule has 1 heterocycles. The summed E-state index contributed by atoms with van der Waals surface area (Å²) in [5.74, 6) is 0.464. The lowest BCUT2D eigenvalue weighted by atomic mass is 10.1. The van der Waals surface area contributed by atoms with E-state index in [1.165, 1.54) is 6.08 Å². The Kier molecular flexibility index (Phi) is 4.70. The van der Waals surface area contributed by atoms with Crippen LogP contribution in [0.3, 0.4) is 0 Å². The van der Waals surface area contributed by atoms with Gasteiger partial charge in [0.25, 0.3) is 0 Å². The second kappa shape index (κ2) is 7.62. The van der Waals surface area contributed by atoms with Crippen molar-refractivity contribution in [1.29, 1.82) is 0 Å². The number of amides is 1. The van der Waals surface area contributed by atoms with Crippen molar-refractivity contribution in [3.8, 4) is 11.4 Å². The molecule has 0 atom stereocenters. The summed E-state index contributed by atoms with van der Waals surface area (Å²) in [5, 5.41) is 5.10. The van der Waals surface area contributed by atoms with Gasteiger partial charge in [0.1, 0.15) is 0 Å². The van der Waals surface area contributed by atoms with Crippen LogP contribution in [0.1, 0.15) is 5.56 Å². The number of nitrogens with zero attached hydrogens (tertiary/aromatic N) is 2. The summed E-state index contributed by atoms with van der Waals surface area (Å²) >= 11 is 0. The minimum atomic E-state index is -0.197. The van der Waals surface area contributed by atoms with Crippen molar-refractivity contribution in [3.63, 3.8) is 0 Å². The zero-order chi connectivity index (χ0) is 18.5. The van der Waals surface area contributed by atoms with Crippen molar-refractivity contribution >= 4 is 28.4 Å². The third-order valence-corrected chi connectivity index (χ3v) is 4.15. The van der Waals surface area contributed by atoms with Crippen LogP contribution >= 0.6 is 0 Å². The molecule has 0 saturated carbocycles. The van der Waals surface area contributed by atoms with Gasteiger partial charge >= 0.3 is 0 Å². The van der Waals surface area contributed by atoms with E-state index in [4.69, 9.17) is 0 Å². The van der Waals surface area contributed by atoms with Crippen molar-refractivity contribution in [3.05, 3.63) is 96.8 Å². The van der Waals surface area contributed by atoms with Gasteiger partial charge in [-0.15, -0.1) is 0 Å². The van der Waals surface area contributed by atoms with E-state index in [0.29, 0.717) is 5.82 Å². The molecule has 130 valence electrons. The topological polar surface area (TPSA) is 54.9 Å². The van der Waals surface area contributed by atoms with Crippen LogP contribution in [-0.2, 0) is 4.79 Å². The maximum atomic E-state index is 12.2. The molecule has 4 heteroatoms. The van der Waals surface area contributed by atoms with Crippen LogP contribution in [0.15, 0.2) is 91.3 Å². The van der Waals surface area contributed by atoms with Gasteiger partial charge in [-0.3, -0.25) is 4.79 Å². The van der Waals surface area contributed by atoms with E-state index < -0.39 is 0 Å². The van der Waals surface area contributed by atoms with Gasteiger partial charge in [0.05, 0.1) is 0 Å². The third-order valence-electron chi connectivity index (χ3n) is 4.15. The maximum Gasteiger partial charge on any atom is 0.248 e. The van der Waals surface area contributed by atoms with Gasteiger partial charge in [0.2, 0.25) is 5.91 Å². The highest BCUT2D eigenvalue weighted by atomic mass is 16.1. The monoisotopic (exact) mass is 351 g/mol. The van der Waals surface area contributed by atoms with E-state index in [-0.39, 0.29) is 5.91 Å². The summed E-state index contributed by atoms with van der Waals surface area (Å²) in [4.78, 5) is 20.9. The number of benzene rings is 3. The molecule has 4 nitrogen and oxygen atoms in total. The van der Waals surface area contributed by atoms with E-state index in [0.717, 1.165) is 27.6 Å². The first-order valence-corrected chi connectivity index (χ1v) is 8.63. The number of anilines is 1. The molecule has 1 aromatic heterocycles. The van der Waals surface area contributed by atoms with Gasteiger partial charge in [-0.2, -0.15) is 0 Å². The fraction of sp³-hybridized carbons (Fsp3) is 0. The molecule has 0 bridgehead atoms. The molecule has 0 unspecified atom stereocenters. The van der Waals surface area contributed by atoms with E-state index in [1.807, 2.05) is 72.8 Å². The van der Waals surface area contributed by atoms with Crippen molar-refractivity contribution < 1.29 is 4.79 Å². The molecule has 0 radical (unpaired) electrons. The van der Waals surface area contributed by atoms with Gasteiger partial charge < -0.3 is 5.32 Å². The molecular weight excluding hydrogens is 334 g/mol. The van der Waals surface area contributed by atoms with Crippen LogP contribution in [0.4, 0.5) is 5.69 Å². The molecule has 0 aliphatic heterocycles. The number of fused-ring (bicyclic) bond motifs is 1. The molecular formula is C23H17N3O. The summed E-state index contributed by atoms with van der Waals surface area (Å²) in [6.07, 6.45) is 6.59. The van der Waals surface area contributed by atoms with E-state index in [2.05, 4.69) is 15.3 Å². The highest BCUT2D eigenvalue weighted by molar-refractivity contribution is 6.03. The largest absolute Gasteiger partial charge is 0.322 e. The van der Waals surface area contributed by atoms with Crippen LogP contribution in [-0.4, -0.2) is 15.9 Å². The highest BCUT2D eigenvalue weighted by Gasteiger charge is 2.01. The minimum absolute atomic E-state index is 0.197. The quantitative estimate of drug-likeness (QED) is 0.529. The second-order valence-electron chi connectivity index (χ2n) is 6.09. The van der Waals surface area contributed by atoms with E-state index in [9.17, 15) is 4.79 Å². The van der Waals surface area contributed by atoms with Crippen molar-refractivity contribution in [2.45, 2.75) is 0 Å². The molecule has 4 aromatic rings. The lowest BCUT2D eigenvalue weighted by Gasteiger charge is -2.04. The number of hydrogen-bond acceptors (Lipinski definition) is 3. The Balaban J connectivity index is 1.43. The molecule has 3 aromatic carbocycles.